The summed E-state index contributed by atoms with van der Waals surface area (Å²) in [5.41, 5.74) is 2.43. The van der Waals surface area contributed by atoms with Gasteiger partial charge in [-0.3, -0.25) is 9.89 Å². The van der Waals surface area contributed by atoms with Crippen molar-refractivity contribution in [2.75, 3.05) is 13.1 Å². The third kappa shape index (κ3) is 4.49. The molecule has 0 bridgehead atoms. The lowest BCUT2D eigenvalue weighted by Gasteiger charge is -2.31. The largest absolute Gasteiger partial charge is 0.338 e. The topological polar surface area (TPSA) is 53.9 Å². The Morgan fingerprint density at radius 1 is 1.38 bits per heavy atom. The number of carbonyl (C=O) groups is 1. The molecule has 0 radical (unpaired) electrons. The summed E-state index contributed by atoms with van der Waals surface area (Å²) in [6.45, 7) is 3.56. The van der Waals surface area contributed by atoms with E-state index in [-0.39, 0.29) is 11.8 Å². The van der Waals surface area contributed by atoms with E-state index in [1.165, 1.54) is 5.56 Å². The molecule has 6 heteroatoms. The highest BCUT2D eigenvalue weighted by Gasteiger charge is 2.26. The van der Waals surface area contributed by atoms with Gasteiger partial charge in [-0.1, -0.05) is 35.9 Å². The summed E-state index contributed by atoms with van der Waals surface area (Å²) in [5, 5.41) is 7.19. The molecule has 26 heavy (non-hydrogen) atoms. The minimum Gasteiger partial charge on any atom is -0.338 e. The van der Waals surface area contributed by atoms with Crippen molar-refractivity contribution in [2.24, 2.45) is 7.05 Å². The second-order valence-electron chi connectivity index (χ2n) is 7.05. The average Bonchev–Trinajstić information content (AvgIpc) is 3.00. The fraction of sp³-hybridized carbons (Fsp3) is 0.450. The lowest BCUT2D eigenvalue weighted by Crippen LogP contribution is -2.39. The first kappa shape index (κ1) is 18.6. The monoisotopic (exact) mass is 370 g/mol. The number of carbonyl (C=O) groups excluding carboxylic acids is 1. The SMILES string of the molecule is CC(=CC(=O)N1CCCC(c2n[nH]c(=S)n2C)C1)CCc1ccccc1. The highest BCUT2D eigenvalue weighted by Crippen LogP contribution is 2.25. The van der Waals surface area contributed by atoms with Gasteiger partial charge in [0.05, 0.1) is 0 Å². The van der Waals surface area contributed by atoms with E-state index in [0.717, 1.165) is 43.6 Å². The first-order valence-electron chi connectivity index (χ1n) is 9.16. The van der Waals surface area contributed by atoms with Crippen molar-refractivity contribution in [2.45, 2.75) is 38.5 Å². The number of benzene rings is 1. The number of rotatable bonds is 5. The Hall–Kier alpha value is -2.21. The summed E-state index contributed by atoms with van der Waals surface area (Å²) in [7, 11) is 1.93. The van der Waals surface area contributed by atoms with E-state index in [0.29, 0.717) is 11.3 Å². The van der Waals surface area contributed by atoms with Crippen LogP contribution in [0.2, 0.25) is 0 Å². The summed E-state index contributed by atoms with van der Waals surface area (Å²) in [4.78, 5) is 14.6. The van der Waals surface area contributed by atoms with Gasteiger partial charge in [0.25, 0.3) is 0 Å². The molecule has 1 unspecified atom stereocenters. The number of nitrogens with zero attached hydrogens (tertiary/aromatic N) is 3. The third-order valence-corrected chi connectivity index (χ3v) is 5.40. The van der Waals surface area contributed by atoms with Gasteiger partial charge in [0, 0.05) is 32.1 Å². The highest BCUT2D eigenvalue weighted by atomic mass is 32.1. The number of allylic oxidation sites excluding steroid dienone is 1. The zero-order valence-electron chi connectivity index (χ0n) is 15.4. The van der Waals surface area contributed by atoms with Crippen LogP contribution < -0.4 is 0 Å². The van der Waals surface area contributed by atoms with Gasteiger partial charge in [-0.2, -0.15) is 5.10 Å². The van der Waals surface area contributed by atoms with Crippen LogP contribution >= 0.6 is 12.2 Å². The molecule has 2 heterocycles. The zero-order chi connectivity index (χ0) is 18.5. The summed E-state index contributed by atoms with van der Waals surface area (Å²) in [5.74, 6) is 1.29. The van der Waals surface area contributed by atoms with Gasteiger partial charge in [-0.25, -0.2) is 0 Å². The second-order valence-corrected chi connectivity index (χ2v) is 7.43. The average molecular weight is 371 g/mol. The van der Waals surface area contributed by atoms with E-state index >= 15 is 0 Å². The summed E-state index contributed by atoms with van der Waals surface area (Å²) in [6.07, 6.45) is 5.69. The number of amides is 1. The van der Waals surface area contributed by atoms with Gasteiger partial charge in [0.15, 0.2) is 4.77 Å². The van der Waals surface area contributed by atoms with Crippen molar-refractivity contribution in [3.8, 4) is 0 Å². The van der Waals surface area contributed by atoms with Crippen LogP contribution in [0.25, 0.3) is 0 Å². The lowest BCUT2D eigenvalue weighted by atomic mass is 9.97. The smallest absolute Gasteiger partial charge is 0.246 e. The van der Waals surface area contributed by atoms with Crippen LogP contribution in [0.1, 0.15) is 43.5 Å². The minimum absolute atomic E-state index is 0.108. The van der Waals surface area contributed by atoms with Crippen molar-refractivity contribution in [3.05, 3.63) is 58.1 Å². The maximum atomic E-state index is 12.7. The molecule has 1 fully saturated rings. The van der Waals surface area contributed by atoms with Crippen LogP contribution in [0.5, 0.6) is 0 Å². The number of H-pyrrole nitrogens is 1. The van der Waals surface area contributed by atoms with Crippen LogP contribution in [0, 0.1) is 4.77 Å². The molecule has 0 saturated carbocycles. The molecule has 2 aromatic rings. The van der Waals surface area contributed by atoms with Crippen molar-refractivity contribution in [1.82, 2.24) is 19.7 Å². The fourth-order valence-electron chi connectivity index (χ4n) is 3.47. The first-order valence-corrected chi connectivity index (χ1v) is 9.56. The number of likely N-dealkylation sites (tertiary alicyclic amines) is 1. The summed E-state index contributed by atoms with van der Waals surface area (Å²) >= 11 is 5.21. The second kappa shape index (κ2) is 8.45. The maximum absolute atomic E-state index is 12.7. The molecule has 1 saturated heterocycles. The molecule has 1 N–H and O–H groups in total. The number of hydrogen-bond acceptors (Lipinski definition) is 3. The van der Waals surface area contributed by atoms with Crippen LogP contribution in [-0.4, -0.2) is 38.7 Å². The molecule has 1 aliphatic rings. The molecule has 1 amide bonds. The molecule has 0 spiro atoms. The Kier molecular flexibility index (Phi) is 6.04. The molecule has 5 nitrogen and oxygen atoms in total. The van der Waals surface area contributed by atoms with Crippen LogP contribution in [0.4, 0.5) is 0 Å². The Morgan fingerprint density at radius 3 is 2.85 bits per heavy atom. The van der Waals surface area contributed by atoms with Crippen molar-refractivity contribution >= 4 is 18.1 Å². The standard InChI is InChI=1S/C20H26N4OS/c1-15(10-11-16-7-4-3-5-8-16)13-18(25)24-12-6-9-17(14-24)19-21-22-20(26)23(19)2/h3-5,7-8,13,17H,6,9-12,14H2,1-2H3,(H,22,26). The van der Waals surface area contributed by atoms with Gasteiger partial charge in [0.2, 0.25) is 5.91 Å². The van der Waals surface area contributed by atoms with Crippen molar-refractivity contribution < 1.29 is 4.79 Å². The summed E-state index contributed by atoms with van der Waals surface area (Å²) < 4.78 is 2.54. The first-order chi connectivity index (χ1) is 12.5. The van der Waals surface area contributed by atoms with Gasteiger partial charge >= 0.3 is 0 Å². The molecule has 138 valence electrons. The van der Waals surface area contributed by atoms with Crippen molar-refractivity contribution in [1.29, 1.82) is 0 Å². The maximum Gasteiger partial charge on any atom is 0.246 e. The predicted octanol–water partition coefficient (Wildman–Crippen LogP) is 3.76. The Morgan fingerprint density at radius 2 is 2.15 bits per heavy atom. The number of hydrogen-bond donors (Lipinski definition) is 1. The number of aromatic amines is 1. The normalized spacial score (nSPS) is 18.2. The molecule has 3 rings (SSSR count). The molecular formula is C20H26N4OS. The fourth-order valence-corrected chi connectivity index (χ4v) is 3.61. The van der Waals surface area contributed by atoms with Crippen LogP contribution in [-0.2, 0) is 18.3 Å². The molecule has 0 aliphatic carbocycles. The van der Waals surface area contributed by atoms with E-state index in [2.05, 4.69) is 34.5 Å². The molecule has 1 atom stereocenters. The van der Waals surface area contributed by atoms with Crippen molar-refractivity contribution in [3.63, 3.8) is 0 Å². The van der Waals surface area contributed by atoms with Gasteiger partial charge in [-0.05, 0) is 50.4 Å². The molecule has 1 aliphatic heterocycles. The van der Waals surface area contributed by atoms with E-state index in [1.54, 1.807) is 6.08 Å². The molecule has 1 aromatic carbocycles. The minimum atomic E-state index is 0.108. The number of nitrogens with one attached hydrogen (secondary N) is 1. The van der Waals surface area contributed by atoms with Gasteiger partial charge in [-0.15, -0.1) is 0 Å². The zero-order valence-corrected chi connectivity index (χ0v) is 16.3. The van der Waals surface area contributed by atoms with Crippen LogP contribution in [0.3, 0.4) is 0 Å². The Labute approximate surface area is 159 Å². The van der Waals surface area contributed by atoms with E-state index in [9.17, 15) is 4.79 Å². The highest BCUT2D eigenvalue weighted by molar-refractivity contribution is 7.71. The predicted molar refractivity (Wildman–Crippen MR) is 105 cm³/mol. The lowest BCUT2D eigenvalue weighted by molar-refractivity contribution is -0.127. The van der Waals surface area contributed by atoms with Gasteiger partial charge < -0.3 is 9.47 Å². The van der Waals surface area contributed by atoms with E-state index < -0.39 is 0 Å². The Bertz CT molecular complexity index is 837. The third-order valence-electron chi connectivity index (χ3n) is 5.03. The number of piperidine rings is 1. The molecule has 1 aromatic heterocycles. The van der Waals surface area contributed by atoms with Crippen LogP contribution in [0.15, 0.2) is 42.0 Å². The van der Waals surface area contributed by atoms with Gasteiger partial charge in [0.1, 0.15) is 5.82 Å². The van der Waals surface area contributed by atoms with E-state index in [1.807, 2.05) is 29.5 Å². The molecular weight excluding hydrogens is 344 g/mol. The number of aryl methyl sites for hydroxylation is 1. The quantitative estimate of drug-likeness (QED) is 0.644. The van der Waals surface area contributed by atoms with E-state index in [4.69, 9.17) is 12.2 Å². The number of aromatic nitrogens is 3. The Balaban J connectivity index is 1.60. The summed E-state index contributed by atoms with van der Waals surface area (Å²) in [6, 6.07) is 10.4.